The van der Waals surface area contributed by atoms with E-state index in [0.717, 1.165) is 24.3 Å². The van der Waals surface area contributed by atoms with Gasteiger partial charge in [-0.2, -0.15) is 0 Å². The third-order valence-electron chi connectivity index (χ3n) is 2.53. The second-order valence-corrected chi connectivity index (χ2v) is 3.61. The number of nitrogens with two attached hydrogens (primary N) is 1. The van der Waals surface area contributed by atoms with Crippen molar-refractivity contribution in [1.82, 2.24) is 14.4 Å². The van der Waals surface area contributed by atoms with Crippen LogP contribution < -0.4 is 5.73 Å². The van der Waals surface area contributed by atoms with Crippen molar-refractivity contribution in [1.29, 1.82) is 0 Å². The maximum absolute atomic E-state index is 6.03. The Bertz CT molecular complexity index is 422. The molecule has 0 amide bonds. The van der Waals surface area contributed by atoms with Crippen LogP contribution in [-0.2, 0) is 5.54 Å². The minimum atomic E-state index is -0.159. The lowest BCUT2D eigenvalue weighted by molar-refractivity contribution is 0.715. The molecule has 1 aliphatic carbocycles. The first-order valence-corrected chi connectivity index (χ1v) is 4.37. The maximum atomic E-state index is 6.03. The standard InChI is InChI=1S/C9H10N4/c10-9(2-3-9)7-6-13-5-1-4-11-8(13)12-7/h1,4-6H,2-3,10H2. The van der Waals surface area contributed by atoms with Crippen LogP contribution in [0.15, 0.2) is 24.7 Å². The largest absolute Gasteiger partial charge is 0.320 e. The van der Waals surface area contributed by atoms with Crippen molar-refractivity contribution < 1.29 is 0 Å². The van der Waals surface area contributed by atoms with Crippen LogP contribution in [0.4, 0.5) is 0 Å². The molecule has 0 spiro atoms. The van der Waals surface area contributed by atoms with Gasteiger partial charge in [-0.1, -0.05) is 0 Å². The summed E-state index contributed by atoms with van der Waals surface area (Å²) in [5.74, 6) is 0.731. The zero-order valence-corrected chi connectivity index (χ0v) is 7.14. The molecule has 0 radical (unpaired) electrons. The summed E-state index contributed by atoms with van der Waals surface area (Å²) < 4.78 is 1.91. The lowest BCUT2D eigenvalue weighted by Gasteiger charge is -2.00. The predicted octanol–water partition coefficient (Wildman–Crippen LogP) is 0.677. The average Bonchev–Trinajstić information content (AvgIpc) is 2.76. The van der Waals surface area contributed by atoms with E-state index < -0.39 is 0 Å². The van der Waals surface area contributed by atoms with Crippen LogP contribution in [0.25, 0.3) is 5.78 Å². The maximum Gasteiger partial charge on any atom is 0.233 e. The Morgan fingerprint density at radius 1 is 1.46 bits per heavy atom. The minimum absolute atomic E-state index is 0.159. The SMILES string of the molecule is NC1(c2cn3cccnc3n2)CC1. The molecule has 2 aromatic heterocycles. The fourth-order valence-corrected chi connectivity index (χ4v) is 1.46. The van der Waals surface area contributed by atoms with Crippen molar-refractivity contribution in [3.05, 3.63) is 30.4 Å². The summed E-state index contributed by atoms with van der Waals surface area (Å²) >= 11 is 0. The Kier molecular flexibility index (Phi) is 1.13. The van der Waals surface area contributed by atoms with Gasteiger partial charge in [0.25, 0.3) is 0 Å². The molecule has 2 heterocycles. The van der Waals surface area contributed by atoms with E-state index in [9.17, 15) is 0 Å². The van der Waals surface area contributed by atoms with Crippen LogP contribution in [0.3, 0.4) is 0 Å². The van der Waals surface area contributed by atoms with Crippen molar-refractivity contribution in [2.75, 3.05) is 0 Å². The number of hydrogen-bond acceptors (Lipinski definition) is 3. The molecule has 66 valence electrons. The molecule has 4 nitrogen and oxygen atoms in total. The van der Waals surface area contributed by atoms with Crippen LogP contribution >= 0.6 is 0 Å². The summed E-state index contributed by atoms with van der Waals surface area (Å²) in [4.78, 5) is 8.51. The van der Waals surface area contributed by atoms with Gasteiger partial charge < -0.3 is 5.73 Å². The van der Waals surface area contributed by atoms with E-state index in [4.69, 9.17) is 5.73 Å². The molecule has 1 saturated carbocycles. The van der Waals surface area contributed by atoms with Crippen LogP contribution in [0.5, 0.6) is 0 Å². The lowest BCUT2D eigenvalue weighted by Crippen LogP contribution is -2.18. The minimum Gasteiger partial charge on any atom is -0.320 e. The van der Waals surface area contributed by atoms with E-state index in [0.29, 0.717) is 0 Å². The number of imidazole rings is 1. The smallest absolute Gasteiger partial charge is 0.233 e. The van der Waals surface area contributed by atoms with Gasteiger partial charge in [-0.15, -0.1) is 0 Å². The Balaban J connectivity index is 2.22. The number of aromatic nitrogens is 3. The van der Waals surface area contributed by atoms with E-state index >= 15 is 0 Å². The highest BCUT2D eigenvalue weighted by Crippen LogP contribution is 2.41. The summed E-state index contributed by atoms with van der Waals surface area (Å²) in [6.07, 6.45) is 7.72. The Hall–Kier alpha value is -1.42. The number of fused-ring (bicyclic) bond motifs is 1. The van der Waals surface area contributed by atoms with Gasteiger partial charge in [-0.25, -0.2) is 9.97 Å². The summed E-state index contributed by atoms with van der Waals surface area (Å²) in [6, 6.07) is 1.88. The van der Waals surface area contributed by atoms with Gasteiger partial charge in [0, 0.05) is 18.6 Å². The highest BCUT2D eigenvalue weighted by molar-refractivity contribution is 5.34. The molecule has 0 atom stereocenters. The van der Waals surface area contributed by atoms with Crippen LogP contribution in [-0.4, -0.2) is 14.4 Å². The second-order valence-electron chi connectivity index (χ2n) is 3.61. The highest BCUT2D eigenvalue weighted by atomic mass is 15.1. The predicted molar refractivity (Wildman–Crippen MR) is 48.1 cm³/mol. The number of nitrogens with zero attached hydrogens (tertiary/aromatic N) is 3. The Morgan fingerprint density at radius 2 is 2.31 bits per heavy atom. The van der Waals surface area contributed by atoms with Gasteiger partial charge in [0.05, 0.1) is 11.2 Å². The normalized spacial score (nSPS) is 19.2. The van der Waals surface area contributed by atoms with Gasteiger partial charge in [-0.05, 0) is 18.9 Å². The topological polar surface area (TPSA) is 56.2 Å². The van der Waals surface area contributed by atoms with Crippen molar-refractivity contribution in [2.45, 2.75) is 18.4 Å². The average molecular weight is 174 g/mol. The summed E-state index contributed by atoms with van der Waals surface area (Å²) in [6.45, 7) is 0. The summed E-state index contributed by atoms with van der Waals surface area (Å²) in [7, 11) is 0. The van der Waals surface area contributed by atoms with E-state index in [1.54, 1.807) is 6.20 Å². The fraction of sp³-hybridized carbons (Fsp3) is 0.333. The summed E-state index contributed by atoms with van der Waals surface area (Å²) in [5.41, 5.74) is 6.83. The van der Waals surface area contributed by atoms with E-state index in [1.165, 1.54) is 0 Å². The molecule has 1 aliphatic rings. The third-order valence-corrected chi connectivity index (χ3v) is 2.53. The van der Waals surface area contributed by atoms with Crippen molar-refractivity contribution in [3.8, 4) is 0 Å². The molecule has 2 aromatic rings. The molecule has 13 heavy (non-hydrogen) atoms. The quantitative estimate of drug-likeness (QED) is 0.691. The monoisotopic (exact) mass is 174 g/mol. The van der Waals surface area contributed by atoms with Crippen molar-refractivity contribution in [3.63, 3.8) is 0 Å². The number of rotatable bonds is 1. The molecule has 0 bridgehead atoms. The van der Waals surface area contributed by atoms with Gasteiger partial charge >= 0.3 is 0 Å². The van der Waals surface area contributed by atoms with E-state index in [2.05, 4.69) is 9.97 Å². The molecule has 1 fully saturated rings. The van der Waals surface area contributed by atoms with Gasteiger partial charge in [0.2, 0.25) is 5.78 Å². The first-order chi connectivity index (χ1) is 6.28. The second kappa shape index (κ2) is 2.09. The molecular formula is C9H10N4. The molecule has 0 saturated heterocycles. The van der Waals surface area contributed by atoms with Crippen LogP contribution in [0, 0.1) is 0 Å². The zero-order chi connectivity index (χ0) is 8.89. The molecule has 0 aromatic carbocycles. The molecule has 4 heteroatoms. The third kappa shape index (κ3) is 0.954. The van der Waals surface area contributed by atoms with Gasteiger partial charge in [-0.3, -0.25) is 4.40 Å². The Morgan fingerprint density at radius 3 is 3.00 bits per heavy atom. The van der Waals surface area contributed by atoms with E-state index in [1.807, 2.05) is 22.9 Å². The summed E-state index contributed by atoms with van der Waals surface area (Å²) in [5, 5.41) is 0. The molecular weight excluding hydrogens is 164 g/mol. The van der Waals surface area contributed by atoms with Crippen molar-refractivity contribution in [2.24, 2.45) is 5.73 Å². The zero-order valence-electron chi connectivity index (χ0n) is 7.14. The van der Waals surface area contributed by atoms with Crippen LogP contribution in [0.1, 0.15) is 18.5 Å². The first kappa shape index (κ1) is 7.03. The molecule has 3 rings (SSSR count). The van der Waals surface area contributed by atoms with Crippen LogP contribution in [0.2, 0.25) is 0 Å². The van der Waals surface area contributed by atoms with Gasteiger partial charge in [0.1, 0.15) is 0 Å². The fourth-order valence-electron chi connectivity index (χ4n) is 1.46. The Labute approximate surface area is 75.4 Å². The van der Waals surface area contributed by atoms with E-state index in [-0.39, 0.29) is 5.54 Å². The lowest BCUT2D eigenvalue weighted by atomic mass is 10.2. The molecule has 2 N–H and O–H groups in total. The molecule has 0 unspecified atom stereocenters. The van der Waals surface area contributed by atoms with Crippen molar-refractivity contribution >= 4 is 5.78 Å². The highest BCUT2D eigenvalue weighted by Gasteiger charge is 2.42. The molecule has 0 aliphatic heterocycles. The number of hydrogen-bond donors (Lipinski definition) is 1. The van der Waals surface area contributed by atoms with Gasteiger partial charge in [0.15, 0.2) is 0 Å². The first-order valence-electron chi connectivity index (χ1n) is 4.37.